The number of carbonyl (C=O) groups excluding carboxylic acids is 1. The number of nitrogens with zero attached hydrogens (tertiary/aromatic N) is 1. The Bertz CT molecular complexity index is 809. The minimum absolute atomic E-state index is 0.0750. The monoisotopic (exact) mass is 347 g/mol. The summed E-state index contributed by atoms with van der Waals surface area (Å²) in [6.45, 7) is 4.08. The molecule has 2 aromatic rings. The van der Waals surface area contributed by atoms with E-state index < -0.39 is 0 Å². The van der Waals surface area contributed by atoms with E-state index in [2.05, 4.69) is 37.3 Å². The summed E-state index contributed by atoms with van der Waals surface area (Å²) in [6, 6.07) is 16.3. The van der Waals surface area contributed by atoms with Gasteiger partial charge < -0.3 is 4.74 Å². The third kappa shape index (κ3) is 4.14. The van der Waals surface area contributed by atoms with Crippen LogP contribution in [0.2, 0.25) is 0 Å². The van der Waals surface area contributed by atoms with Crippen molar-refractivity contribution in [1.29, 1.82) is 5.26 Å². The molecule has 3 rings (SSSR count). The molecule has 1 saturated carbocycles. The summed E-state index contributed by atoms with van der Waals surface area (Å²) in [4.78, 5) is 12.5. The van der Waals surface area contributed by atoms with Gasteiger partial charge >= 0.3 is 5.97 Å². The van der Waals surface area contributed by atoms with E-state index in [1.165, 1.54) is 11.1 Å². The van der Waals surface area contributed by atoms with Crippen LogP contribution in [-0.4, -0.2) is 5.97 Å². The maximum Gasteiger partial charge on any atom is 0.314 e. The number of hydrogen-bond donors (Lipinski definition) is 0. The number of ether oxygens (including phenoxy) is 1. The van der Waals surface area contributed by atoms with Crippen molar-refractivity contribution < 1.29 is 9.53 Å². The summed E-state index contributed by atoms with van der Waals surface area (Å²) in [5, 5.41) is 9.22. The first-order valence-electron chi connectivity index (χ1n) is 9.42. The summed E-state index contributed by atoms with van der Waals surface area (Å²) in [5.41, 5.74) is 4.13. The van der Waals surface area contributed by atoms with Crippen LogP contribution < -0.4 is 4.74 Å². The van der Waals surface area contributed by atoms with E-state index in [1.807, 2.05) is 13.0 Å². The maximum atomic E-state index is 12.5. The summed E-state index contributed by atoms with van der Waals surface area (Å²) in [5.74, 6) is 0.624. The van der Waals surface area contributed by atoms with Crippen LogP contribution in [0, 0.1) is 24.2 Å². The first-order valence-corrected chi connectivity index (χ1v) is 9.42. The molecular formula is C23H25NO2. The zero-order valence-corrected chi connectivity index (χ0v) is 15.5. The molecule has 0 aromatic heterocycles. The number of hydrogen-bond acceptors (Lipinski definition) is 3. The fourth-order valence-corrected chi connectivity index (χ4v) is 3.70. The van der Waals surface area contributed by atoms with Gasteiger partial charge in [-0.25, -0.2) is 0 Å². The van der Waals surface area contributed by atoms with Crippen molar-refractivity contribution in [3.63, 3.8) is 0 Å². The largest absolute Gasteiger partial charge is 0.425 e. The van der Waals surface area contributed by atoms with Gasteiger partial charge in [0, 0.05) is 0 Å². The minimum Gasteiger partial charge on any atom is -0.425 e. The molecular weight excluding hydrogens is 322 g/mol. The van der Waals surface area contributed by atoms with Gasteiger partial charge in [-0.3, -0.25) is 4.79 Å². The SMILES string of the molecule is CCc1ccc(C2CCC(C(=O)Oc3ccc(C)cc3C#N)CC2)cc1. The lowest BCUT2D eigenvalue weighted by Crippen LogP contribution is -2.25. The van der Waals surface area contributed by atoms with Gasteiger partial charge in [-0.1, -0.05) is 37.3 Å². The van der Waals surface area contributed by atoms with Gasteiger partial charge in [-0.2, -0.15) is 5.26 Å². The quantitative estimate of drug-likeness (QED) is 0.556. The average molecular weight is 347 g/mol. The van der Waals surface area contributed by atoms with Crippen LogP contribution in [0.5, 0.6) is 5.75 Å². The van der Waals surface area contributed by atoms with Gasteiger partial charge in [0.05, 0.1) is 11.5 Å². The van der Waals surface area contributed by atoms with E-state index >= 15 is 0 Å². The Hall–Kier alpha value is -2.60. The molecule has 0 N–H and O–H groups in total. The summed E-state index contributed by atoms with van der Waals surface area (Å²) in [6.07, 6.45) is 4.75. The Labute approximate surface area is 155 Å². The zero-order valence-electron chi connectivity index (χ0n) is 15.5. The lowest BCUT2D eigenvalue weighted by Gasteiger charge is -2.27. The molecule has 0 heterocycles. The Morgan fingerprint density at radius 3 is 2.42 bits per heavy atom. The van der Waals surface area contributed by atoms with Crippen LogP contribution in [0.15, 0.2) is 42.5 Å². The second kappa shape index (κ2) is 8.19. The third-order valence-electron chi connectivity index (χ3n) is 5.39. The lowest BCUT2D eigenvalue weighted by molar-refractivity contribution is -0.140. The fraction of sp³-hybridized carbons (Fsp3) is 0.391. The molecule has 0 amide bonds. The van der Waals surface area contributed by atoms with Crippen LogP contribution in [0.25, 0.3) is 0 Å². The molecule has 26 heavy (non-hydrogen) atoms. The highest BCUT2D eigenvalue weighted by atomic mass is 16.5. The van der Waals surface area contributed by atoms with Crippen molar-refractivity contribution in [2.45, 2.75) is 51.9 Å². The highest BCUT2D eigenvalue weighted by Crippen LogP contribution is 2.36. The first-order chi connectivity index (χ1) is 12.6. The van der Waals surface area contributed by atoms with E-state index in [0.29, 0.717) is 17.2 Å². The molecule has 3 nitrogen and oxygen atoms in total. The van der Waals surface area contributed by atoms with Crippen molar-refractivity contribution in [2.75, 3.05) is 0 Å². The Morgan fingerprint density at radius 1 is 1.12 bits per heavy atom. The number of esters is 1. The van der Waals surface area contributed by atoms with E-state index in [9.17, 15) is 10.1 Å². The molecule has 1 aliphatic carbocycles. The van der Waals surface area contributed by atoms with E-state index in [0.717, 1.165) is 37.7 Å². The van der Waals surface area contributed by atoms with Gasteiger partial charge in [-0.05, 0) is 73.8 Å². The molecule has 0 saturated heterocycles. The predicted octanol–water partition coefficient (Wildman–Crippen LogP) is 5.31. The minimum atomic E-state index is -0.204. The van der Waals surface area contributed by atoms with Crippen molar-refractivity contribution in [2.24, 2.45) is 5.92 Å². The maximum absolute atomic E-state index is 12.5. The van der Waals surface area contributed by atoms with Crippen molar-refractivity contribution in [3.05, 3.63) is 64.7 Å². The van der Waals surface area contributed by atoms with Crippen LogP contribution in [0.1, 0.15) is 60.8 Å². The van der Waals surface area contributed by atoms with Gasteiger partial charge in [0.2, 0.25) is 0 Å². The second-order valence-corrected chi connectivity index (χ2v) is 7.18. The van der Waals surface area contributed by atoms with Gasteiger partial charge in [-0.15, -0.1) is 0 Å². The molecule has 0 unspecified atom stereocenters. The van der Waals surface area contributed by atoms with Crippen LogP contribution in [-0.2, 0) is 11.2 Å². The smallest absolute Gasteiger partial charge is 0.314 e. The molecule has 2 aromatic carbocycles. The van der Waals surface area contributed by atoms with E-state index in [1.54, 1.807) is 12.1 Å². The molecule has 0 atom stereocenters. The molecule has 3 heteroatoms. The van der Waals surface area contributed by atoms with Crippen molar-refractivity contribution >= 4 is 5.97 Å². The van der Waals surface area contributed by atoms with Crippen LogP contribution in [0.3, 0.4) is 0 Å². The predicted molar refractivity (Wildman–Crippen MR) is 102 cm³/mol. The van der Waals surface area contributed by atoms with Crippen LogP contribution in [0.4, 0.5) is 0 Å². The third-order valence-corrected chi connectivity index (χ3v) is 5.39. The Kier molecular flexibility index (Phi) is 5.73. The van der Waals surface area contributed by atoms with Crippen molar-refractivity contribution in [3.8, 4) is 11.8 Å². The molecule has 0 bridgehead atoms. The van der Waals surface area contributed by atoms with Gasteiger partial charge in [0.25, 0.3) is 0 Å². The lowest BCUT2D eigenvalue weighted by atomic mass is 9.78. The number of aryl methyl sites for hydroxylation is 2. The second-order valence-electron chi connectivity index (χ2n) is 7.18. The highest BCUT2D eigenvalue weighted by Gasteiger charge is 2.28. The van der Waals surface area contributed by atoms with Gasteiger partial charge in [0.15, 0.2) is 0 Å². The fourth-order valence-electron chi connectivity index (χ4n) is 3.70. The van der Waals surface area contributed by atoms with Crippen molar-refractivity contribution in [1.82, 2.24) is 0 Å². The number of benzene rings is 2. The zero-order chi connectivity index (χ0) is 18.5. The van der Waals surface area contributed by atoms with E-state index in [4.69, 9.17) is 4.74 Å². The number of carbonyl (C=O) groups is 1. The van der Waals surface area contributed by atoms with Crippen LogP contribution >= 0.6 is 0 Å². The van der Waals surface area contributed by atoms with Gasteiger partial charge in [0.1, 0.15) is 11.8 Å². The Morgan fingerprint density at radius 2 is 1.81 bits per heavy atom. The number of nitriles is 1. The summed E-state index contributed by atoms with van der Waals surface area (Å²) >= 11 is 0. The first kappa shape index (κ1) is 18.2. The average Bonchev–Trinajstić information content (AvgIpc) is 2.69. The highest BCUT2D eigenvalue weighted by molar-refractivity contribution is 5.76. The topological polar surface area (TPSA) is 50.1 Å². The molecule has 0 aliphatic heterocycles. The molecule has 1 aliphatic rings. The normalized spacial score (nSPS) is 19.6. The Balaban J connectivity index is 1.59. The molecule has 1 fully saturated rings. The molecule has 134 valence electrons. The standard InChI is InChI=1S/C23H25NO2/c1-3-17-5-7-18(8-6-17)19-9-11-20(12-10-19)23(25)26-22-13-4-16(2)14-21(22)15-24/h4-8,13-14,19-20H,3,9-12H2,1-2H3. The molecule has 0 spiro atoms. The molecule has 0 radical (unpaired) electrons. The summed E-state index contributed by atoms with van der Waals surface area (Å²) < 4.78 is 5.54. The number of rotatable bonds is 4. The summed E-state index contributed by atoms with van der Waals surface area (Å²) in [7, 11) is 0. The van der Waals surface area contributed by atoms with E-state index in [-0.39, 0.29) is 11.9 Å².